The number of aromatic nitrogens is 2. The lowest BCUT2D eigenvalue weighted by atomic mass is 10.3. The Kier molecular flexibility index (Phi) is 4.04. The zero-order valence-corrected chi connectivity index (χ0v) is 11.9. The van der Waals surface area contributed by atoms with E-state index >= 15 is 0 Å². The lowest BCUT2D eigenvalue weighted by Gasteiger charge is -2.20. The van der Waals surface area contributed by atoms with Crippen molar-refractivity contribution in [2.24, 2.45) is 11.8 Å². The molecule has 0 amide bonds. The van der Waals surface area contributed by atoms with Crippen LogP contribution < -0.4 is 10.2 Å². The Morgan fingerprint density at radius 3 is 2.83 bits per heavy atom. The van der Waals surface area contributed by atoms with Crippen LogP contribution in [-0.2, 0) is 0 Å². The fourth-order valence-corrected chi connectivity index (χ4v) is 2.23. The van der Waals surface area contributed by atoms with Gasteiger partial charge >= 0.3 is 0 Å². The number of aryl methyl sites for hydroxylation is 1. The molecule has 4 heteroatoms. The molecular weight excluding hydrogens is 224 g/mol. The molecule has 1 aromatic rings. The quantitative estimate of drug-likeness (QED) is 0.840. The molecule has 1 aromatic heterocycles. The van der Waals surface area contributed by atoms with Crippen LogP contribution in [0.5, 0.6) is 0 Å². The first-order valence-corrected chi connectivity index (χ1v) is 6.90. The maximum Gasteiger partial charge on any atom is 0.224 e. The molecule has 0 spiro atoms. The molecule has 100 valence electrons. The van der Waals surface area contributed by atoms with Crippen molar-refractivity contribution in [1.29, 1.82) is 0 Å². The minimum Gasteiger partial charge on any atom is -0.359 e. The minimum atomic E-state index is 0.744. The molecule has 2 atom stereocenters. The molecule has 0 radical (unpaired) electrons. The number of rotatable bonds is 6. The van der Waals surface area contributed by atoms with Gasteiger partial charge in [0.25, 0.3) is 0 Å². The van der Waals surface area contributed by atoms with Crippen LogP contribution in [0.25, 0.3) is 0 Å². The Balaban J connectivity index is 2.04. The van der Waals surface area contributed by atoms with Crippen molar-refractivity contribution in [3.8, 4) is 0 Å². The highest BCUT2D eigenvalue weighted by atomic mass is 15.2. The van der Waals surface area contributed by atoms with Gasteiger partial charge in [0.05, 0.1) is 0 Å². The third-order valence-electron chi connectivity index (χ3n) is 3.62. The van der Waals surface area contributed by atoms with Crippen LogP contribution in [0, 0.1) is 18.8 Å². The molecule has 0 aromatic carbocycles. The van der Waals surface area contributed by atoms with Crippen LogP contribution in [0.15, 0.2) is 6.20 Å². The van der Waals surface area contributed by atoms with Crippen LogP contribution in [0.3, 0.4) is 0 Å². The summed E-state index contributed by atoms with van der Waals surface area (Å²) >= 11 is 0. The van der Waals surface area contributed by atoms with Gasteiger partial charge < -0.3 is 10.2 Å². The zero-order valence-electron chi connectivity index (χ0n) is 11.9. The highest BCUT2D eigenvalue weighted by Crippen LogP contribution is 2.38. The fourth-order valence-electron chi connectivity index (χ4n) is 2.23. The SMILES string of the molecule is CCCNc1ncc(C)c(N(C)CC2CC2C)n1. The molecule has 1 heterocycles. The molecule has 2 unspecified atom stereocenters. The maximum atomic E-state index is 4.62. The van der Waals surface area contributed by atoms with E-state index in [0.29, 0.717) is 0 Å². The van der Waals surface area contributed by atoms with Crippen LogP contribution in [0.2, 0.25) is 0 Å². The monoisotopic (exact) mass is 248 g/mol. The fraction of sp³-hybridized carbons (Fsp3) is 0.714. The molecule has 1 aliphatic carbocycles. The Morgan fingerprint density at radius 1 is 1.50 bits per heavy atom. The van der Waals surface area contributed by atoms with Crippen LogP contribution in [0.1, 0.15) is 32.3 Å². The van der Waals surface area contributed by atoms with Gasteiger partial charge in [-0.1, -0.05) is 13.8 Å². The van der Waals surface area contributed by atoms with E-state index in [0.717, 1.165) is 48.7 Å². The topological polar surface area (TPSA) is 41.1 Å². The summed E-state index contributed by atoms with van der Waals surface area (Å²) in [5.41, 5.74) is 1.15. The van der Waals surface area contributed by atoms with Crippen LogP contribution in [0.4, 0.5) is 11.8 Å². The minimum absolute atomic E-state index is 0.744. The molecule has 2 rings (SSSR count). The van der Waals surface area contributed by atoms with E-state index in [1.54, 1.807) is 0 Å². The number of hydrogen-bond donors (Lipinski definition) is 1. The standard InChI is InChI=1S/C14H24N4/c1-5-6-15-14-16-8-11(3)13(17-14)18(4)9-12-7-10(12)2/h8,10,12H,5-7,9H2,1-4H3,(H,15,16,17). The van der Waals surface area contributed by atoms with Gasteiger partial charge in [0.2, 0.25) is 5.95 Å². The molecule has 4 nitrogen and oxygen atoms in total. The maximum absolute atomic E-state index is 4.62. The van der Waals surface area contributed by atoms with Crippen LogP contribution in [-0.4, -0.2) is 30.1 Å². The summed E-state index contributed by atoms with van der Waals surface area (Å²) in [6.07, 6.45) is 4.35. The van der Waals surface area contributed by atoms with Crippen molar-refractivity contribution in [2.75, 3.05) is 30.4 Å². The summed E-state index contributed by atoms with van der Waals surface area (Å²) in [7, 11) is 2.13. The van der Waals surface area contributed by atoms with Crippen molar-refractivity contribution in [3.63, 3.8) is 0 Å². The van der Waals surface area contributed by atoms with Crippen molar-refractivity contribution >= 4 is 11.8 Å². The molecule has 1 aliphatic rings. The van der Waals surface area contributed by atoms with E-state index in [9.17, 15) is 0 Å². The molecule has 0 saturated heterocycles. The molecule has 1 fully saturated rings. The second-order valence-corrected chi connectivity index (χ2v) is 5.48. The molecule has 18 heavy (non-hydrogen) atoms. The van der Waals surface area contributed by atoms with E-state index in [2.05, 4.69) is 48.0 Å². The van der Waals surface area contributed by atoms with Gasteiger partial charge in [-0.25, -0.2) is 4.98 Å². The van der Waals surface area contributed by atoms with Gasteiger partial charge in [0.1, 0.15) is 5.82 Å². The van der Waals surface area contributed by atoms with Gasteiger partial charge in [0, 0.05) is 31.9 Å². The second-order valence-electron chi connectivity index (χ2n) is 5.48. The zero-order chi connectivity index (χ0) is 13.1. The first-order valence-electron chi connectivity index (χ1n) is 6.90. The van der Waals surface area contributed by atoms with E-state index in [4.69, 9.17) is 0 Å². The van der Waals surface area contributed by atoms with Gasteiger partial charge in [-0.3, -0.25) is 0 Å². The van der Waals surface area contributed by atoms with Crippen molar-refractivity contribution in [3.05, 3.63) is 11.8 Å². The van der Waals surface area contributed by atoms with Gasteiger partial charge in [-0.15, -0.1) is 0 Å². The summed E-state index contributed by atoms with van der Waals surface area (Å²) < 4.78 is 0. The van der Waals surface area contributed by atoms with Gasteiger partial charge in [-0.05, 0) is 31.6 Å². The summed E-state index contributed by atoms with van der Waals surface area (Å²) in [6.45, 7) is 8.56. The first-order chi connectivity index (χ1) is 8.61. The third-order valence-corrected chi connectivity index (χ3v) is 3.62. The van der Waals surface area contributed by atoms with Crippen molar-refractivity contribution < 1.29 is 0 Å². The number of nitrogens with one attached hydrogen (secondary N) is 1. The summed E-state index contributed by atoms with van der Waals surface area (Å²) in [5.74, 6) is 3.53. The smallest absolute Gasteiger partial charge is 0.224 e. The highest BCUT2D eigenvalue weighted by molar-refractivity contribution is 5.48. The van der Waals surface area contributed by atoms with E-state index < -0.39 is 0 Å². The van der Waals surface area contributed by atoms with Crippen LogP contribution >= 0.6 is 0 Å². The lowest BCUT2D eigenvalue weighted by molar-refractivity contribution is 0.717. The predicted molar refractivity (Wildman–Crippen MR) is 76.1 cm³/mol. The largest absolute Gasteiger partial charge is 0.359 e. The Labute approximate surface area is 110 Å². The summed E-state index contributed by atoms with van der Waals surface area (Å²) in [5, 5.41) is 3.25. The van der Waals surface area contributed by atoms with E-state index in [1.807, 2.05) is 6.20 Å². The molecule has 0 aliphatic heterocycles. The lowest BCUT2D eigenvalue weighted by Crippen LogP contribution is -2.23. The Morgan fingerprint density at radius 2 is 2.22 bits per heavy atom. The normalized spacial score (nSPS) is 21.8. The van der Waals surface area contributed by atoms with E-state index in [-0.39, 0.29) is 0 Å². The average molecular weight is 248 g/mol. The van der Waals surface area contributed by atoms with Gasteiger partial charge in [-0.2, -0.15) is 4.98 Å². The van der Waals surface area contributed by atoms with Crippen molar-refractivity contribution in [1.82, 2.24) is 9.97 Å². The average Bonchev–Trinajstić information content (AvgIpc) is 3.03. The van der Waals surface area contributed by atoms with Gasteiger partial charge in [0.15, 0.2) is 0 Å². The second kappa shape index (κ2) is 5.55. The summed E-state index contributed by atoms with van der Waals surface area (Å²) in [6, 6.07) is 0. The third kappa shape index (κ3) is 3.12. The predicted octanol–water partition coefficient (Wildman–Crippen LogP) is 2.70. The number of anilines is 2. The van der Waals surface area contributed by atoms with E-state index in [1.165, 1.54) is 6.42 Å². The number of nitrogens with zero attached hydrogens (tertiary/aromatic N) is 3. The molecule has 1 N–H and O–H groups in total. The first kappa shape index (κ1) is 13.1. The molecule has 1 saturated carbocycles. The highest BCUT2D eigenvalue weighted by Gasteiger charge is 2.33. The van der Waals surface area contributed by atoms with Crippen molar-refractivity contribution in [2.45, 2.75) is 33.6 Å². The summed E-state index contributed by atoms with van der Waals surface area (Å²) in [4.78, 5) is 11.2. The molecular formula is C14H24N4. The number of hydrogen-bond acceptors (Lipinski definition) is 4. The molecule has 0 bridgehead atoms. The Hall–Kier alpha value is -1.32. The Bertz CT molecular complexity index is 405.